The van der Waals surface area contributed by atoms with E-state index in [0.717, 1.165) is 6.20 Å². The molecule has 8 heteroatoms. The molecular weight excluding hydrogens is 298 g/mol. The smallest absolute Gasteiger partial charge is 0.325 e. The molecule has 0 aliphatic rings. The van der Waals surface area contributed by atoms with Crippen molar-refractivity contribution in [2.45, 2.75) is 6.04 Å². The highest BCUT2D eigenvalue weighted by Gasteiger charge is 2.22. The molecule has 0 bridgehead atoms. The van der Waals surface area contributed by atoms with Gasteiger partial charge in [-0.3, -0.25) is 19.4 Å². The Morgan fingerprint density at radius 1 is 1.14 bits per heavy atom. The van der Waals surface area contributed by atoms with Gasteiger partial charge in [0.15, 0.2) is 0 Å². The molecule has 3 N–H and O–H groups in total. The number of hydrogen-bond donors (Lipinski definition) is 3. The molecule has 1 atom stereocenters. The molecule has 21 heavy (non-hydrogen) atoms. The molecule has 108 valence electrons. The normalized spacial score (nSPS) is 11.7. The average molecular weight is 308 g/mol. The maximum atomic E-state index is 12.0. The molecule has 1 aromatic carbocycles. The summed E-state index contributed by atoms with van der Waals surface area (Å²) >= 11 is 5.48. The Labute approximate surface area is 123 Å². The lowest BCUT2D eigenvalue weighted by atomic mass is 10.1. The van der Waals surface area contributed by atoms with Gasteiger partial charge in [0.05, 0.1) is 0 Å². The molecule has 7 nitrogen and oxygen atoms in total. The fourth-order valence-corrected chi connectivity index (χ4v) is 1.88. The summed E-state index contributed by atoms with van der Waals surface area (Å²) in [5.74, 6) is -0.824. The minimum absolute atomic E-state index is 0.326. The Bertz CT molecular complexity index is 782. The number of aromatic nitrogens is 2. The zero-order valence-corrected chi connectivity index (χ0v) is 11.3. The van der Waals surface area contributed by atoms with E-state index in [1.807, 2.05) is 4.98 Å². The second kappa shape index (κ2) is 6.19. The lowest BCUT2D eigenvalue weighted by molar-refractivity contribution is -0.113. The minimum Gasteiger partial charge on any atom is -0.337 e. The maximum absolute atomic E-state index is 12.0. The van der Waals surface area contributed by atoms with E-state index in [-0.39, 0.29) is 5.56 Å². The van der Waals surface area contributed by atoms with Gasteiger partial charge in [0.1, 0.15) is 11.6 Å². The molecular formula is C13H10ClN3O4. The molecule has 0 saturated carbocycles. The van der Waals surface area contributed by atoms with Crippen LogP contribution in [0.2, 0.25) is 0 Å². The first-order valence-corrected chi connectivity index (χ1v) is 6.24. The standard InChI is InChI=1S/C13H10ClN3O4/c14-10(18)9(7-4-2-1-3-5-7)16-11(19)8-6-15-13(21)17-12(8)20/h1-6,9H,(H,16,19)(H2,15,17,20,21). The summed E-state index contributed by atoms with van der Waals surface area (Å²) in [6, 6.07) is 7.24. The Hall–Kier alpha value is -2.67. The molecule has 1 amide bonds. The van der Waals surface area contributed by atoms with E-state index in [0.29, 0.717) is 5.56 Å². The highest BCUT2D eigenvalue weighted by atomic mass is 35.5. The Kier molecular flexibility index (Phi) is 4.34. The van der Waals surface area contributed by atoms with Crippen LogP contribution < -0.4 is 16.6 Å². The van der Waals surface area contributed by atoms with Crippen molar-refractivity contribution in [2.75, 3.05) is 0 Å². The topological polar surface area (TPSA) is 112 Å². The molecule has 0 fully saturated rings. The summed E-state index contributed by atoms with van der Waals surface area (Å²) in [5.41, 5.74) is -1.44. The van der Waals surface area contributed by atoms with Crippen LogP contribution in [0.15, 0.2) is 46.1 Å². The molecule has 1 aromatic heterocycles. The number of carbonyl (C=O) groups is 2. The number of rotatable bonds is 4. The Balaban J connectivity index is 2.29. The van der Waals surface area contributed by atoms with Gasteiger partial charge in [0.25, 0.3) is 11.5 Å². The number of hydrogen-bond acceptors (Lipinski definition) is 4. The van der Waals surface area contributed by atoms with Crippen LogP contribution in [-0.4, -0.2) is 21.1 Å². The first-order valence-electron chi connectivity index (χ1n) is 5.86. The summed E-state index contributed by atoms with van der Waals surface area (Å²) in [6.07, 6.45) is 0.970. The van der Waals surface area contributed by atoms with Gasteiger partial charge in [-0.15, -0.1) is 0 Å². The molecule has 2 aromatic rings. The molecule has 2 rings (SSSR count). The van der Waals surface area contributed by atoms with Crippen LogP contribution in [0.5, 0.6) is 0 Å². The quantitative estimate of drug-likeness (QED) is 0.705. The van der Waals surface area contributed by atoms with Gasteiger partial charge >= 0.3 is 5.69 Å². The molecule has 1 unspecified atom stereocenters. The first kappa shape index (κ1) is 14.7. The largest absolute Gasteiger partial charge is 0.337 e. The van der Waals surface area contributed by atoms with E-state index in [2.05, 4.69) is 10.3 Å². The van der Waals surface area contributed by atoms with Gasteiger partial charge in [-0.05, 0) is 17.2 Å². The van der Waals surface area contributed by atoms with E-state index in [1.165, 1.54) is 0 Å². The van der Waals surface area contributed by atoms with E-state index >= 15 is 0 Å². The summed E-state index contributed by atoms with van der Waals surface area (Å²) in [6.45, 7) is 0. The second-order valence-corrected chi connectivity index (χ2v) is 4.48. The first-order chi connectivity index (χ1) is 9.99. The number of H-pyrrole nitrogens is 2. The fourth-order valence-electron chi connectivity index (χ4n) is 1.70. The van der Waals surface area contributed by atoms with Crippen LogP contribution in [-0.2, 0) is 4.79 Å². The lowest BCUT2D eigenvalue weighted by Crippen LogP contribution is -2.37. The van der Waals surface area contributed by atoms with E-state index in [9.17, 15) is 19.2 Å². The number of nitrogens with one attached hydrogen (secondary N) is 3. The zero-order chi connectivity index (χ0) is 15.4. The summed E-state index contributed by atoms with van der Waals surface area (Å²) in [5, 5.41) is 1.55. The average Bonchev–Trinajstić information content (AvgIpc) is 2.45. The third-order valence-electron chi connectivity index (χ3n) is 2.70. The molecule has 0 aliphatic carbocycles. The van der Waals surface area contributed by atoms with Crippen molar-refractivity contribution in [1.82, 2.24) is 15.3 Å². The molecule has 0 saturated heterocycles. The SMILES string of the molecule is O=C(NC(C(=O)Cl)c1ccccc1)c1c[nH]c(=O)[nH]c1=O. The van der Waals surface area contributed by atoms with Crippen LogP contribution in [0.1, 0.15) is 22.0 Å². The monoisotopic (exact) mass is 307 g/mol. The number of benzene rings is 1. The third kappa shape index (κ3) is 3.46. The van der Waals surface area contributed by atoms with Crippen molar-refractivity contribution in [1.29, 1.82) is 0 Å². The van der Waals surface area contributed by atoms with E-state index in [1.54, 1.807) is 30.3 Å². The number of carbonyl (C=O) groups excluding carboxylic acids is 2. The minimum atomic E-state index is -1.09. The van der Waals surface area contributed by atoms with Crippen molar-refractivity contribution in [3.8, 4) is 0 Å². The van der Waals surface area contributed by atoms with Gasteiger partial charge in [0.2, 0.25) is 5.24 Å². The lowest BCUT2D eigenvalue weighted by Gasteiger charge is -2.14. The van der Waals surface area contributed by atoms with Gasteiger partial charge in [-0.1, -0.05) is 30.3 Å². The van der Waals surface area contributed by atoms with Crippen LogP contribution in [0.3, 0.4) is 0 Å². The maximum Gasteiger partial charge on any atom is 0.325 e. The zero-order valence-electron chi connectivity index (χ0n) is 10.6. The molecule has 0 radical (unpaired) electrons. The van der Waals surface area contributed by atoms with E-state index < -0.39 is 28.4 Å². The van der Waals surface area contributed by atoms with Gasteiger partial charge in [-0.2, -0.15) is 0 Å². The number of amides is 1. The predicted octanol–water partition coefficient (Wildman–Crippen LogP) is 0.300. The predicted molar refractivity (Wildman–Crippen MR) is 75.2 cm³/mol. The van der Waals surface area contributed by atoms with Crippen molar-refractivity contribution in [3.63, 3.8) is 0 Å². The summed E-state index contributed by atoms with van der Waals surface area (Å²) in [7, 11) is 0. The molecule has 0 spiro atoms. The fraction of sp³-hybridized carbons (Fsp3) is 0.0769. The number of aromatic amines is 2. The van der Waals surface area contributed by atoms with Gasteiger partial charge < -0.3 is 10.3 Å². The van der Waals surface area contributed by atoms with Crippen LogP contribution in [0, 0.1) is 0 Å². The van der Waals surface area contributed by atoms with Gasteiger partial charge in [0, 0.05) is 6.20 Å². The van der Waals surface area contributed by atoms with Crippen LogP contribution in [0.4, 0.5) is 0 Å². The van der Waals surface area contributed by atoms with Crippen LogP contribution >= 0.6 is 11.6 Å². The number of halogens is 1. The van der Waals surface area contributed by atoms with Crippen LogP contribution in [0.25, 0.3) is 0 Å². The summed E-state index contributed by atoms with van der Waals surface area (Å²) in [4.78, 5) is 50.0. The highest BCUT2D eigenvalue weighted by Crippen LogP contribution is 2.15. The Morgan fingerprint density at radius 3 is 2.38 bits per heavy atom. The highest BCUT2D eigenvalue weighted by molar-refractivity contribution is 6.64. The third-order valence-corrected chi connectivity index (χ3v) is 2.92. The van der Waals surface area contributed by atoms with Crippen molar-refractivity contribution < 1.29 is 9.59 Å². The molecule has 1 heterocycles. The Morgan fingerprint density at radius 2 is 1.81 bits per heavy atom. The van der Waals surface area contributed by atoms with Gasteiger partial charge in [-0.25, -0.2) is 4.79 Å². The second-order valence-electron chi connectivity index (χ2n) is 4.11. The molecule has 0 aliphatic heterocycles. The summed E-state index contributed by atoms with van der Waals surface area (Å²) < 4.78 is 0. The van der Waals surface area contributed by atoms with Crippen molar-refractivity contribution in [3.05, 3.63) is 68.5 Å². The van der Waals surface area contributed by atoms with E-state index in [4.69, 9.17) is 11.6 Å². The van der Waals surface area contributed by atoms with Crippen molar-refractivity contribution in [2.24, 2.45) is 0 Å². The van der Waals surface area contributed by atoms with Crippen molar-refractivity contribution >= 4 is 22.8 Å².